The highest BCUT2D eigenvalue weighted by Gasteiger charge is 2.14. The average molecular weight is 369 g/mol. The molecule has 8 heteroatoms. The summed E-state index contributed by atoms with van der Waals surface area (Å²) in [5, 5.41) is 3.26. The van der Waals surface area contributed by atoms with E-state index in [1.807, 2.05) is 25.1 Å². The smallest absolute Gasteiger partial charge is 0.273 e. The summed E-state index contributed by atoms with van der Waals surface area (Å²) in [4.78, 5) is 20.7. The lowest BCUT2D eigenvalue weighted by Crippen LogP contribution is -2.22. The van der Waals surface area contributed by atoms with Crippen molar-refractivity contribution in [2.45, 2.75) is 24.4 Å². The number of rotatable bonds is 6. The van der Waals surface area contributed by atoms with Crippen molar-refractivity contribution >= 4 is 28.8 Å². The number of amides is 1. The maximum atomic E-state index is 12.1. The summed E-state index contributed by atoms with van der Waals surface area (Å²) in [6.07, 6.45) is 2.89. The van der Waals surface area contributed by atoms with E-state index in [0.29, 0.717) is 29.2 Å². The predicted octanol–water partition coefficient (Wildman–Crippen LogP) is 3.94. The summed E-state index contributed by atoms with van der Waals surface area (Å²) in [6.45, 7) is 2.28. The van der Waals surface area contributed by atoms with E-state index in [1.165, 1.54) is 18.0 Å². The van der Waals surface area contributed by atoms with E-state index >= 15 is 0 Å². The Bertz CT molecular complexity index is 1040. The number of nitrogens with zero attached hydrogens (tertiary/aromatic N) is 2. The van der Waals surface area contributed by atoms with Crippen LogP contribution in [0.1, 0.15) is 27.7 Å². The number of carbonyl (C=O) groups is 1. The molecule has 0 radical (unpaired) electrons. The van der Waals surface area contributed by atoms with Crippen molar-refractivity contribution < 1.29 is 18.0 Å². The molecule has 0 atom stereocenters. The van der Waals surface area contributed by atoms with Crippen molar-refractivity contribution in [3.63, 3.8) is 0 Å². The summed E-state index contributed by atoms with van der Waals surface area (Å²) in [5.41, 5.74) is 2.88. The van der Waals surface area contributed by atoms with E-state index in [9.17, 15) is 4.79 Å². The van der Waals surface area contributed by atoms with Gasteiger partial charge in [-0.2, -0.15) is 0 Å². The summed E-state index contributed by atoms with van der Waals surface area (Å²) in [7, 11) is 0. The molecule has 1 N–H and O–H groups in total. The van der Waals surface area contributed by atoms with Gasteiger partial charge in [-0.05, 0) is 30.7 Å². The largest absolute Gasteiger partial charge is 0.467 e. The second-order valence-electron chi connectivity index (χ2n) is 5.58. The first-order valence-corrected chi connectivity index (χ1v) is 8.91. The Morgan fingerprint density at radius 3 is 2.92 bits per heavy atom. The van der Waals surface area contributed by atoms with Gasteiger partial charge in [0.2, 0.25) is 5.89 Å². The van der Waals surface area contributed by atoms with Crippen molar-refractivity contribution in [1.82, 2.24) is 15.3 Å². The SMILES string of the molecule is Cc1cccc2oc(SCc3nc(C(=O)NCc4ccco4)co3)nc12. The first-order valence-electron chi connectivity index (χ1n) is 7.93. The lowest BCUT2D eigenvalue weighted by atomic mass is 10.2. The number of benzene rings is 1. The molecule has 0 bridgehead atoms. The highest BCUT2D eigenvalue weighted by atomic mass is 32.2. The Kier molecular flexibility index (Phi) is 4.49. The maximum Gasteiger partial charge on any atom is 0.273 e. The predicted molar refractivity (Wildman–Crippen MR) is 94.7 cm³/mol. The van der Waals surface area contributed by atoms with E-state index in [-0.39, 0.29) is 11.6 Å². The summed E-state index contributed by atoms with van der Waals surface area (Å²) in [6, 6.07) is 9.35. The van der Waals surface area contributed by atoms with Crippen LogP contribution in [0.2, 0.25) is 0 Å². The Labute approximate surface area is 152 Å². The number of fused-ring (bicyclic) bond motifs is 1. The van der Waals surface area contributed by atoms with Crippen LogP contribution in [-0.2, 0) is 12.3 Å². The maximum absolute atomic E-state index is 12.1. The molecule has 7 nitrogen and oxygen atoms in total. The molecule has 3 aromatic heterocycles. The molecule has 0 aliphatic heterocycles. The average Bonchev–Trinajstić information content (AvgIpc) is 3.37. The fraction of sp³-hybridized carbons (Fsp3) is 0.167. The number of thioether (sulfide) groups is 1. The van der Waals surface area contributed by atoms with E-state index in [1.54, 1.807) is 18.4 Å². The van der Waals surface area contributed by atoms with Crippen molar-refractivity contribution in [3.8, 4) is 0 Å². The van der Waals surface area contributed by atoms with Crippen LogP contribution in [0, 0.1) is 6.92 Å². The lowest BCUT2D eigenvalue weighted by Gasteiger charge is -1.98. The van der Waals surface area contributed by atoms with Crippen LogP contribution in [0.5, 0.6) is 0 Å². The van der Waals surface area contributed by atoms with Crippen molar-refractivity contribution in [2.75, 3.05) is 0 Å². The van der Waals surface area contributed by atoms with Crippen LogP contribution in [0.25, 0.3) is 11.1 Å². The van der Waals surface area contributed by atoms with Crippen LogP contribution < -0.4 is 5.32 Å². The Morgan fingerprint density at radius 1 is 1.19 bits per heavy atom. The monoisotopic (exact) mass is 369 g/mol. The lowest BCUT2D eigenvalue weighted by molar-refractivity contribution is 0.0943. The van der Waals surface area contributed by atoms with Crippen molar-refractivity contribution in [3.05, 3.63) is 65.8 Å². The topological polar surface area (TPSA) is 94.3 Å². The van der Waals surface area contributed by atoms with E-state index in [0.717, 1.165) is 16.7 Å². The first-order chi connectivity index (χ1) is 12.7. The van der Waals surface area contributed by atoms with E-state index in [4.69, 9.17) is 13.3 Å². The third kappa shape index (κ3) is 3.50. The second-order valence-corrected chi connectivity index (χ2v) is 6.51. The number of aryl methyl sites for hydroxylation is 1. The van der Waals surface area contributed by atoms with Crippen LogP contribution in [0.4, 0.5) is 0 Å². The van der Waals surface area contributed by atoms with Gasteiger partial charge < -0.3 is 18.6 Å². The van der Waals surface area contributed by atoms with Crippen LogP contribution in [-0.4, -0.2) is 15.9 Å². The number of carbonyl (C=O) groups excluding carboxylic acids is 1. The standard InChI is InChI=1S/C18H15N3O4S/c1-11-4-2-6-14-16(11)21-18(25-14)26-10-15-20-13(9-24-15)17(22)19-8-12-5-3-7-23-12/h2-7,9H,8,10H2,1H3,(H,19,22). The summed E-state index contributed by atoms with van der Waals surface area (Å²) in [5.74, 6) is 1.19. The number of furan rings is 1. The zero-order valence-corrected chi connectivity index (χ0v) is 14.7. The molecule has 26 heavy (non-hydrogen) atoms. The van der Waals surface area contributed by atoms with Gasteiger partial charge in [0.15, 0.2) is 11.3 Å². The Balaban J connectivity index is 1.36. The van der Waals surface area contributed by atoms with Gasteiger partial charge in [-0.15, -0.1) is 0 Å². The zero-order valence-electron chi connectivity index (χ0n) is 13.9. The molecule has 1 amide bonds. The number of hydrogen-bond acceptors (Lipinski definition) is 7. The van der Waals surface area contributed by atoms with Crippen LogP contribution in [0.3, 0.4) is 0 Å². The molecule has 0 aliphatic carbocycles. The number of oxazole rings is 2. The summed E-state index contributed by atoms with van der Waals surface area (Å²) < 4.78 is 16.2. The van der Waals surface area contributed by atoms with Crippen molar-refractivity contribution in [1.29, 1.82) is 0 Å². The molecule has 4 aromatic rings. The molecule has 0 aliphatic rings. The van der Waals surface area contributed by atoms with Gasteiger partial charge in [-0.1, -0.05) is 23.9 Å². The van der Waals surface area contributed by atoms with Gasteiger partial charge in [0.25, 0.3) is 11.1 Å². The number of hydrogen-bond donors (Lipinski definition) is 1. The number of aromatic nitrogens is 2. The Hall–Kier alpha value is -3.00. The molecule has 0 spiro atoms. The highest BCUT2D eigenvalue weighted by molar-refractivity contribution is 7.98. The molecule has 0 unspecified atom stereocenters. The first kappa shape index (κ1) is 16.5. The van der Waals surface area contributed by atoms with Gasteiger partial charge in [0.05, 0.1) is 18.6 Å². The molecule has 1 aromatic carbocycles. The van der Waals surface area contributed by atoms with Gasteiger partial charge in [0.1, 0.15) is 17.5 Å². The highest BCUT2D eigenvalue weighted by Crippen LogP contribution is 2.27. The minimum absolute atomic E-state index is 0.223. The summed E-state index contributed by atoms with van der Waals surface area (Å²) >= 11 is 1.36. The van der Waals surface area contributed by atoms with E-state index in [2.05, 4.69) is 15.3 Å². The molecule has 3 heterocycles. The van der Waals surface area contributed by atoms with Crippen molar-refractivity contribution in [2.24, 2.45) is 0 Å². The van der Waals surface area contributed by atoms with Crippen LogP contribution in [0.15, 0.2) is 61.3 Å². The minimum atomic E-state index is -0.320. The second kappa shape index (κ2) is 7.09. The van der Waals surface area contributed by atoms with Gasteiger partial charge in [-0.25, -0.2) is 9.97 Å². The number of para-hydroxylation sites is 1. The molecule has 0 fully saturated rings. The molecule has 4 rings (SSSR count). The zero-order chi connectivity index (χ0) is 17.9. The third-order valence-corrected chi connectivity index (χ3v) is 4.52. The molecule has 0 saturated heterocycles. The molecular weight excluding hydrogens is 354 g/mol. The normalized spacial score (nSPS) is 11.1. The fourth-order valence-electron chi connectivity index (χ4n) is 2.40. The van der Waals surface area contributed by atoms with Gasteiger partial charge in [0, 0.05) is 0 Å². The van der Waals surface area contributed by atoms with Gasteiger partial charge >= 0.3 is 0 Å². The minimum Gasteiger partial charge on any atom is -0.467 e. The fourth-order valence-corrected chi connectivity index (χ4v) is 3.09. The third-order valence-electron chi connectivity index (χ3n) is 3.71. The molecular formula is C18H15N3O4S. The molecule has 0 saturated carbocycles. The quantitative estimate of drug-likeness (QED) is 0.514. The Morgan fingerprint density at radius 2 is 2.12 bits per heavy atom. The number of nitrogens with one attached hydrogen (secondary N) is 1. The van der Waals surface area contributed by atoms with Crippen LogP contribution >= 0.6 is 11.8 Å². The van der Waals surface area contributed by atoms with E-state index < -0.39 is 0 Å². The molecule has 132 valence electrons. The van der Waals surface area contributed by atoms with Gasteiger partial charge in [-0.3, -0.25) is 4.79 Å².